The van der Waals surface area contributed by atoms with Crippen molar-refractivity contribution in [1.29, 1.82) is 0 Å². The number of hydrogen-bond acceptors (Lipinski definition) is 5. The van der Waals surface area contributed by atoms with E-state index in [0.29, 0.717) is 6.54 Å². The van der Waals surface area contributed by atoms with Gasteiger partial charge in [0, 0.05) is 12.6 Å². The fraction of sp³-hybridized carbons (Fsp3) is 0.357. The second-order valence-corrected chi connectivity index (χ2v) is 4.40. The molecule has 1 aromatic carbocycles. The number of hydrogen-bond donors (Lipinski definition) is 5. The average molecular weight is 278 g/mol. The summed E-state index contributed by atoms with van der Waals surface area (Å²) in [4.78, 5) is 11.5. The van der Waals surface area contributed by atoms with Crippen LogP contribution in [0.2, 0.25) is 0 Å². The van der Waals surface area contributed by atoms with Gasteiger partial charge in [-0.3, -0.25) is 10.1 Å². The maximum absolute atomic E-state index is 11.5. The lowest BCUT2D eigenvalue weighted by atomic mass is 10.2. The lowest BCUT2D eigenvalue weighted by Gasteiger charge is -2.07. The van der Waals surface area contributed by atoms with Gasteiger partial charge in [0.2, 0.25) is 5.91 Å². The summed E-state index contributed by atoms with van der Waals surface area (Å²) >= 11 is 0. The van der Waals surface area contributed by atoms with Crippen LogP contribution in [0, 0.1) is 0 Å². The Hall–Kier alpha value is -1.89. The highest BCUT2D eigenvalue weighted by Crippen LogP contribution is 2.10. The van der Waals surface area contributed by atoms with Crippen LogP contribution in [0.3, 0.4) is 0 Å². The Morgan fingerprint density at radius 3 is 2.50 bits per heavy atom. The van der Waals surface area contributed by atoms with E-state index in [-0.39, 0.29) is 11.7 Å². The molecule has 110 valence electrons. The molecule has 6 nitrogen and oxygen atoms in total. The van der Waals surface area contributed by atoms with E-state index in [0.717, 1.165) is 24.9 Å². The Balaban J connectivity index is 2.15. The summed E-state index contributed by atoms with van der Waals surface area (Å²) in [5.74, 6) is 0.0685. The molecule has 0 aliphatic carbocycles. The standard InChI is InChI=1S/C14H22N4O2/c15-14(16)18-10-2-1-9-17-13(20)8-5-11-3-6-12(19)7-4-11/h3-8,14,18-19H,1-2,9-10,15-16H2,(H,17,20). The fourth-order valence-electron chi connectivity index (χ4n) is 1.55. The number of nitrogens with one attached hydrogen (secondary N) is 2. The minimum absolute atomic E-state index is 0.137. The zero-order chi connectivity index (χ0) is 14.8. The third-order valence-electron chi connectivity index (χ3n) is 2.60. The van der Waals surface area contributed by atoms with E-state index < -0.39 is 6.29 Å². The molecule has 0 unspecified atom stereocenters. The number of unbranched alkanes of at least 4 members (excludes halogenated alkanes) is 1. The molecule has 0 saturated carbocycles. The smallest absolute Gasteiger partial charge is 0.243 e. The number of carbonyl (C=O) groups is 1. The van der Waals surface area contributed by atoms with E-state index >= 15 is 0 Å². The molecule has 0 aliphatic heterocycles. The third kappa shape index (κ3) is 7.52. The monoisotopic (exact) mass is 278 g/mol. The largest absolute Gasteiger partial charge is 0.508 e. The zero-order valence-corrected chi connectivity index (χ0v) is 11.4. The molecule has 0 aromatic heterocycles. The number of aromatic hydroxyl groups is 1. The van der Waals surface area contributed by atoms with Crippen LogP contribution in [0.4, 0.5) is 0 Å². The van der Waals surface area contributed by atoms with Gasteiger partial charge in [-0.1, -0.05) is 12.1 Å². The van der Waals surface area contributed by atoms with Crippen LogP contribution in [0.1, 0.15) is 18.4 Å². The first-order valence-corrected chi connectivity index (χ1v) is 6.57. The Kier molecular flexibility index (Phi) is 7.34. The molecule has 0 bridgehead atoms. The first-order valence-electron chi connectivity index (χ1n) is 6.57. The number of benzene rings is 1. The number of rotatable bonds is 8. The van der Waals surface area contributed by atoms with Gasteiger partial charge in [0.15, 0.2) is 0 Å². The summed E-state index contributed by atoms with van der Waals surface area (Å²) in [6.45, 7) is 1.34. The molecule has 6 heteroatoms. The Morgan fingerprint density at radius 1 is 1.20 bits per heavy atom. The van der Waals surface area contributed by atoms with Crippen LogP contribution in [-0.4, -0.2) is 30.4 Å². The van der Waals surface area contributed by atoms with Crippen molar-refractivity contribution in [3.05, 3.63) is 35.9 Å². The summed E-state index contributed by atoms with van der Waals surface area (Å²) < 4.78 is 0. The molecular weight excluding hydrogens is 256 g/mol. The van der Waals surface area contributed by atoms with E-state index in [1.165, 1.54) is 6.08 Å². The zero-order valence-electron chi connectivity index (χ0n) is 11.4. The van der Waals surface area contributed by atoms with Crippen molar-refractivity contribution in [3.63, 3.8) is 0 Å². The van der Waals surface area contributed by atoms with Gasteiger partial charge < -0.3 is 21.9 Å². The van der Waals surface area contributed by atoms with Crippen LogP contribution in [0.15, 0.2) is 30.3 Å². The molecule has 1 aromatic rings. The van der Waals surface area contributed by atoms with Crippen LogP contribution in [-0.2, 0) is 4.79 Å². The minimum Gasteiger partial charge on any atom is -0.508 e. The second-order valence-electron chi connectivity index (χ2n) is 4.40. The average Bonchev–Trinajstić information content (AvgIpc) is 2.41. The minimum atomic E-state index is -0.488. The van der Waals surface area contributed by atoms with Crippen LogP contribution < -0.4 is 22.1 Å². The maximum atomic E-state index is 11.5. The highest BCUT2D eigenvalue weighted by molar-refractivity contribution is 5.91. The number of phenols is 1. The molecular formula is C14H22N4O2. The van der Waals surface area contributed by atoms with E-state index in [4.69, 9.17) is 16.6 Å². The van der Waals surface area contributed by atoms with Gasteiger partial charge in [-0.15, -0.1) is 0 Å². The van der Waals surface area contributed by atoms with E-state index in [2.05, 4.69) is 10.6 Å². The lowest BCUT2D eigenvalue weighted by Crippen LogP contribution is -2.45. The first kappa shape index (κ1) is 16.2. The van der Waals surface area contributed by atoms with Gasteiger partial charge in [0.25, 0.3) is 0 Å². The fourth-order valence-corrected chi connectivity index (χ4v) is 1.55. The Morgan fingerprint density at radius 2 is 1.85 bits per heavy atom. The number of carbonyl (C=O) groups excluding carboxylic acids is 1. The van der Waals surface area contributed by atoms with Crippen molar-refractivity contribution in [2.24, 2.45) is 11.5 Å². The van der Waals surface area contributed by atoms with Crippen LogP contribution in [0.5, 0.6) is 5.75 Å². The molecule has 0 fully saturated rings. The molecule has 1 rings (SSSR count). The molecule has 20 heavy (non-hydrogen) atoms. The Labute approximate surface area is 118 Å². The summed E-state index contributed by atoms with van der Waals surface area (Å²) in [7, 11) is 0. The summed E-state index contributed by atoms with van der Waals surface area (Å²) in [6, 6.07) is 6.63. The van der Waals surface area contributed by atoms with Crippen molar-refractivity contribution >= 4 is 12.0 Å². The number of phenolic OH excluding ortho intramolecular Hbond substituents is 1. The number of nitrogens with two attached hydrogens (primary N) is 2. The van der Waals surface area contributed by atoms with Gasteiger partial charge in [0.1, 0.15) is 12.0 Å². The summed E-state index contributed by atoms with van der Waals surface area (Å²) in [6.07, 6.45) is 4.44. The predicted molar refractivity (Wildman–Crippen MR) is 79.6 cm³/mol. The molecule has 7 N–H and O–H groups in total. The topological polar surface area (TPSA) is 113 Å². The summed E-state index contributed by atoms with van der Waals surface area (Å²) in [5, 5.41) is 14.8. The summed E-state index contributed by atoms with van der Waals surface area (Å²) in [5.41, 5.74) is 11.5. The van der Waals surface area contributed by atoms with Crippen LogP contribution >= 0.6 is 0 Å². The van der Waals surface area contributed by atoms with E-state index in [1.54, 1.807) is 30.3 Å². The molecule has 1 amide bonds. The van der Waals surface area contributed by atoms with Crippen molar-refractivity contribution < 1.29 is 9.90 Å². The van der Waals surface area contributed by atoms with Gasteiger partial charge in [0.05, 0.1) is 0 Å². The van der Waals surface area contributed by atoms with Crippen molar-refractivity contribution in [2.45, 2.75) is 19.1 Å². The van der Waals surface area contributed by atoms with Gasteiger partial charge in [-0.2, -0.15) is 0 Å². The normalized spacial score (nSPS) is 11.2. The van der Waals surface area contributed by atoms with Gasteiger partial charge >= 0.3 is 0 Å². The Bertz CT molecular complexity index is 429. The van der Waals surface area contributed by atoms with Gasteiger partial charge in [-0.05, 0) is 43.2 Å². The third-order valence-corrected chi connectivity index (χ3v) is 2.60. The highest BCUT2D eigenvalue weighted by Gasteiger charge is 1.96. The van der Waals surface area contributed by atoms with Crippen LogP contribution in [0.25, 0.3) is 6.08 Å². The molecule has 0 heterocycles. The highest BCUT2D eigenvalue weighted by atomic mass is 16.3. The first-order chi connectivity index (χ1) is 9.58. The van der Waals surface area contributed by atoms with E-state index in [1.807, 2.05) is 0 Å². The number of amides is 1. The maximum Gasteiger partial charge on any atom is 0.243 e. The van der Waals surface area contributed by atoms with E-state index in [9.17, 15) is 4.79 Å². The van der Waals surface area contributed by atoms with Crippen molar-refractivity contribution in [3.8, 4) is 5.75 Å². The molecule has 0 spiro atoms. The second kappa shape index (κ2) is 9.08. The van der Waals surface area contributed by atoms with Crippen molar-refractivity contribution in [2.75, 3.05) is 13.1 Å². The molecule has 0 atom stereocenters. The van der Waals surface area contributed by atoms with Crippen molar-refractivity contribution in [1.82, 2.24) is 10.6 Å². The van der Waals surface area contributed by atoms with Gasteiger partial charge in [-0.25, -0.2) is 0 Å². The molecule has 0 saturated heterocycles. The molecule has 0 aliphatic rings. The lowest BCUT2D eigenvalue weighted by molar-refractivity contribution is -0.116. The molecule has 0 radical (unpaired) electrons. The quantitative estimate of drug-likeness (QED) is 0.263. The SMILES string of the molecule is NC(N)NCCCCNC(=O)C=Cc1ccc(O)cc1. The predicted octanol–water partition coefficient (Wildman–Crippen LogP) is 0.0924.